The molecule has 0 amide bonds. The van der Waals surface area contributed by atoms with Crippen LogP contribution in [-0.2, 0) is 13.1 Å². The van der Waals surface area contributed by atoms with E-state index in [2.05, 4.69) is 53.0 Å². The van der Waals surface area contributed by atoms with Crippen LogP contribution in [0.5, 0.6) is 0 Å². The molecule has 0 aliphatic heterocycles. The van der Waals surface area contributed by atoms with Crippen molar-refractivity contribution < 1.29 is 0 Å². The average molecular weight is 299 g/mol. The monoisotopic (exact) mass is 298 g/mol. The summed E-state index contributed by atoms with van der Waals surface area (Å²) in [6.45, 7) is 5.00. The maximum atomic E-state index is 5.62. The van der Waals surface area contributed by atoms with Gasteiger partial charge in [0.15, 0.2) is 0 Å². The van der Waals surface area contributed by atoms with Crippen molar-refractivity contribution in [1.29, 1.82) is 0 Å². The largest absolute Gasteiger partial charge is 0.326 e. The SMILES string of the molecule is CCCCCN(C)Cc1ccc(CN)cc1Br. The van der Waals surface area contributed by atoms with E-state index in [9.17, 15) is 0 Å². The second kappa shape index (κ2) is 7.85. The Morgan fingerprint density at radius 1 is 1.29 bits per heavy atom. The summed E-state index contributed by atoms with van der Waals surface area (Å²) in [5.74, 6) is 0. The summed E-state index contributed by atoms with van der Waals surface area (Å²) < 4.78 is 1.17. The number of unbranched alkanes of at least 4 members (excludes halogenated alkanes) is 2. The molecule has 0 atom stereocenters. The first kappa shape index (κ1) is 14.7. The first-order valence-corrected chi connectivity index (χ1v) is 7.12. The topological polar surface area (TPSA) is 29.3 Å². The van der Waals surface area contributed by atoms with Crippen molar-refractivity contribution in [2.24, 2.45) is 5.73 Å². The Balaban J connectivity index is 2.50. The molecule has 0 aliphatic carbocycles. The summed E-state index contributed by atoms with van der Waals surface area (Å²) in [7, 11) is 2.18. The summed E-state index contributed by atoms with van der Waals surface area (Å²) in [5.41, 5.74) is 8.13. The minimum Gasteiger partial charge on any atom is -0.326 e. The zero-order chi connectivity index (χ0) is 12.7. The molecular weight excluding hydrogens is 276 g/mol. The van der Waals surface area contributed by atoms with Gasteiger partial charge in [-0.25, -0.2) is 0 Å². The second-order valence-electron chi connectivity index (χ2n) is 4.57. The molecule has 0 aromatic heterocycles. The Bertz CT molecular complexity index is 339. The number of nitrogens with zero attached hydrogens (tertiary/aromatic N) is 1. The van der Waals surface area contributed by atoms with Gasteiger partial charge < -0.3 is 10.6 Å². The van der Waals surface area contributed by atoms with E-state index >= 15 is 0 Å². The number of nitrogens with two attached hydrogens (primary N) is 1. The fourth-order valence-electron chi connectivity index (χ4n) is 1.85. The molecule has 0 fully saturated rings. The van der Waals surface area contributed by atoms with Crippen LogP contribution in [0.2, 0.25) is 0 Å². The Kier molecular flexibility index (Phi) is 6.78. The number of hydrogen-bond acceptors (Lipinski definition) is 2. The van der Waals surface area contributed by atoms with E-state index in [-0.39, 0.29) is 0 Å². The zero-order valence-corrected chi connectivity index (χ0v) is 12.5. The third-order valence-electron chi connectivity index (χ3n) is 2.94. The van der Waals surface area contributed by atoms with Gasteiger partial charge in [0, 0.05) is 17.6 Å². The Hall–Kier alpha value is -0.380. The summed E-state index contributed by atoms with van der Waals surface area (Å²) >= 11 is 3.62. The molecule has 0 bridgehead atoms. The van der Waals surface area contributed by atoms with E-state index in [1.54, 1.807) is 0 Å². The fraction of sp³-hybridized carbons (Fsp3) is 0.571. The molecule has 0 heterocycles. The molecule has 3 heteroatoms. The quantitative estimate of drug-likeness (QED) is 0.780. The van der Waals surface area contributed by atoms with Crippen molar-refractivity contribution in [1.82, 2.24) is 4.90 Å². The van der Waals surface area contributed by atoms with Crippen molar-refractivity contribution in [3.05, 3.63) is 33.8 Å². The molecule has 0 unspecified atom stereocenters. The van der Waals surface area contributed by atoms with Crippen LogP contribution >= 0.6 is 15.9 Å². The molecule has 2 N–H and O–H groups in total. The van der Waals surface area contributed by atoms with Crippen molar-refractivity contribution in [2.45, 2.75) is 39.3 Å². The molecule has 2 nitrogen and oxygen atoms in total. The van der Waals surface area contributed by atoms with Gasteiger partial charge in [-0.05, 0) is 37.2 Å². The van der Waals surface area contributed by atoms with Gasteiger partial charge in [-0.1, -0.05) is 47.8 Å². The maximum absolute atomic E-state index is 5.62. The number of hydrogen-bond donors (Lipinski definition) is 1. The first-order chi connectivity index (χ1) is 8.17. The van der Waals surface area contributed by atoms with Gasteiger partial charge in [0.1, 0.15) is 0 Å². The second-order valence-corrected chi connectivity index (χ2v) is 5.43. The van der Waals surface area contributed by atoms with Crippen LogP contribution in [0, 0.1) is 0 Å². The van der Waals surface area contributed by atoms with Crippen LogP contribution in [0.3, 0.4) is 0 Å². The molecule has 1 aromatic rings. The Morgan fingerprint density at radius 2 is 2.06 bits per heavy atom. The molecule has 1 aromatic carbocycles. The lowest BCUT2D eigenvalue weighted by molar-refractivity contribution is 0.317. The van der Waals surface area contributed by atoms with Gasteiger partial charge in [0.05, 0.1) is 0 Å². The Labute approximate surface area is 113 Å². The molecule has 0 saturated carbocycles. The molecule has 1 rings (SSSR count). The van der Waals surface area contributed by atoms with Gasteiger partial charge in [-0.2, -0.15) is 0 Å². The van der Waals surface area contributed by atoms with Gasteiger partial charge in [0.2, 0.25) is 0 Å². The number of benzene rings is 1. The zero-order valence-electron chi connectivity index (χ0n) is 10.9. The van der Waals surface area contributed by atoms with Gasteiger partial charge in [0.25, 0.3) is 0 Å². The Morgan fingerprint density at radius 3 is 2.65 bits per heavy atom. The molecule has 17 heavy (non-hydrogen) atoms. The van der Waals surface area contributed by atoms with E-state index < -0.39 is 0 Å². The van der Waals surface area contributed by atoms with E-state index in [0.29, 0.717) is 6.54 Å². The molecule has 0 radical (unpaired) electrons. The van der Waals surface area contributed by atoms with Gasteiger partial charge >= 0.3 is 0 Å². The summed E-state index contributed by atoms with van der Waals surface area (Å²) in [4.78, 5) is 2.37. The van der Waals surface area contributed by atoms with Crippen LogP contribution in [0.4, 0.5) is 0 Å². The minimum atomic E-state index is 0.602. The van der Waals surface area contributed by atoms with Crippen LogP contribution in [0.15, 0.2) is 22.7 Å². The lowest BCUT2D eigenvalue weighted by Gasteiger charge is -2.17. The summed E-state index contributed by atoms with van der Waals surface area (Å²) in [6, 6.07) is 6.40. The average Bonchev–Trinajstić information content (AvgIpc) is 2.32. The third kappa shape index (κ3) is 5.19. The molecular formula is C14H23BrN2. The molecule has 0 spiro atoms. The third-order valence-corrected chi connectivity index (χ3v) is 3.68. The van der Waals surface area contributed by atoms with Crippen molar-refractivity contribution in [3.8, 4) is 0 Å². The molecule has 0 saturated heterocycles. The summed E-state index contributed by atoms with van der Waals surface area (Å²) in [6.07, 6.45) is 3.88. The fourth-order valence-corrected chi connectivity index (χ4v) is 2.40. The normalized spacial score (nSPS) is 11.1. The van der Waals surface area contributed by atoms with E-state index in [4.69, 9.17) is 5.73 Å². The highest BCUT2D eigenvalue weighted by Gasteiger charge is 2.04. The van der Waals surface area contributed by atoms with Crippen LogP contribution in [0.25, 0.3) is 0 Å². The lowest BCUT2D eigenvalue weighted by atomic mass is 10.1. The highest BCUT2D eigenvalue weighted by molar-refractivity contribution is 9.10. The minimum absolute atomic E-state index is 0.602. The first-order valence-electron chi connectivity index (χ1n) is 6.33. The van der Waals surface area contributed by atoms with E-state index in [0.717, 1.165) is 6.54 Å². The predicted octanol–water partition coefficient (Wildman–Crippen LogP) is 3.53. The summed E-state index contributed by atoms with van der Waals surface area (Å²) in [5, 5.41) is 0. The van der Waals surface area contributed by atoms with E-state index in [1.807, 2.05) is 0 Å². The number of rotatable bonds is 7. The number of halogens is 1. The molecule has 0 aliphatic rings. The lowest BCUT2D eigenvalue weighted by Crippen LogP contribution is -2.19. The van der Waals surface area contributed by atoms with E-state index in [1.165, 1.54) is 41.4 Å². The van der Waals surface area contributed by atoms with Gasteiger partial charge in [-0.15, -0.1) is 0 Å². The maximum Gasteiger partial charge on any atom is 0.0241 e. The van der Waals surface area contributed by atoms with Crippen molar-refractivity contribution in [3.63, 3.8) is 0 Å². The van der Waals surface area contributed by atoms with Crippen molar-refractivity contribution in [2.75, 3.05) is 13.6 Å². The highest BCUT2D eigenvalue weighted by atomic mass is 79.9. The highest BCUT2D eigenvalue weighted by Crippen LogP contribution is 2.20. The standard InChI is InChI=1S/C14H23BrN2/c1-3-4-5-8-17(2)11-13-7-6-12(10-16)9-14(13)15/h6-7,9H,3-5,8,10-11,16H2,1-2H3. The van der Waals surface area contributed by atoms with Gasteiger partial charge in [-0.3, -0.25) is 0 Å². The van der Waals surface area contributed by atoms with Crippen LogP contribution < -0.4 is 5.73 Å². The van der Waals surface area contributed by atoms with Crippen molar-refractivity contribution >= 4 is 15.9 Å². The smallest absolute Gasteiger partial charge is 0.0241 e. The predicted molar refractivity (Wildman–Crippen MR) is 77.9 cm³/mol. The van der Waals surface area contributed by atoms with Crippen LogP contribution in [0.1, 0.15) is 37.3 Å². The molecule has 96 valence electrons. The van der Waals surface area contributed by atoms with Crippen LogP contribution in [-0.4, -0.2) is 18.5 Å².